The summed E-state index contributed by atoms with van der Waals surface area (Å²) < 4.78 is 29.4. The van der Waals surface area contributed by atoms with Crippen LogP contribution in [0, 0.1) is 6.92 Å². The first-order valence-electron chi connectivity index (χ1n) is 7.74. The second-order valence-corrected chi connectivity index (χ2v) is 8.27. The van der Waals surface area contributed by atoms with E-state index in [0.29, 0.717) is 10.5 Å². The van der Waals surface area contributed by atoms with Crippen LogP contribution in [0.25, 0.3) is 0 Å². The number of aromatic nitrogens is 1. The minimum atomic E-state index is -3.80. The number of nitrogens with one attached hydrogen (secondary N) is 1. The number of aryl methyl sites for hydroxylation is 2. The molecule has 8 heteroatoms. The summed E-state index contributed by atoms with van der Waals surface area (Å²) in [5, 5.41) is 1.82. The Labute approximate surface area is 155 Å². The number of amides is 1. The van der Waals surface area contributed by atoms with Gasteiger partial charge in [0.15, 0.2) is 4.80 Å². The Morgan fingerprint density at radius 1 is 1.15 bits per heavy atom. The lowest BCUT2D eigenvalue weighted by Gasteiger charge is -2.09. The van der Waals surface area contributed by atoms with Crippen molar-refractivity contribution < 1.29 is 13.2 Å². The molecule has 0 aliphatic carbocycles. The van der Waals surface area contributed by atoms with Crippen molar-refractivity contribution in [2.45, 2.75) is 11.8 Å². The van der Waals surface area contributed by atoms with Crippen molar-refractivity contribution in [3.05, 3.63) is 76.0 Å². The van der Waals surface area contributed by atoms with Gasteiger partial charge in [-0.15, -0.1) is 11.3 Å². The van der Waals surface area contributed by atoms with Crippen LogP contribution in [0.1, 0.15) is 15.9 Å². The number of sulfonamides is 1. The lowest BCUT2D eigenvalue weighted by Crippen LogP contribution is -2.15. The standard InChI is InChI=1S/C18H17N3O3S2/c1-13-6-8-15(9-7-13)20-26(23,24)16-5-3-4-14(12-16)17(22)19-18-21(2)10-11-25-18/h3-12,20H,1-2H3. The van der Waals surface area contributed by atoms with Gasteiger partial charge in [0.25, 0.3) is 15.9 Å². The summed E-state index contributed by atoms with van der Waals surface area (Å²) in [4.78, 5) is 16.9. The first kappa shape index (κ1) is 18.1. The van der Waals surface area contributed by atoms with Gasteiger partial charge >= 0.3 is 0 Å². The van der Waals surface area contributed by atoms with Crippen molar-refractivity contribution in [1.82, 2.24) is 4.57 Å². The molecule has 6 nitrogen and oxygen atoms in total. The molecule has 0 saturated heterocycles. The summed E-state index contributed by atoms with van der Waals surface area (Å²) in [7, 11) is -2.01. The first-order valence-corrected chi connectivity index (χ1v) is 10.1. The van der Waals surface area contributed by atoms with E-state index in [4.69, 9.17) is 0 Å². The Balaban J connectivity index is 1.90. The number of carbonyl (C=O) groups is 1. The molecule has 0 unspecified atom stereocenters. The molecule has 1 heterocycles. The second kappa shape index (κ2) is 7.27. The smallest absolute Gasteiger partial charge is 0.279 e. The van der Waals surface area contributed by atoms with Gasteiger partial charge in [0.05, 0.1) is 4.90 Å². The van der Waals surface area contributed by atoms with Crippen molar-refractivity contribution in [1.29, 1.82) is 0 Å². The highest BCUT2D eigenvalue weighted by Gasteiger charge is 2.16. The summed E-state index contributed by atoms with van der Waals surface area (Å²) in [6.45, 7) is 1.92. The van der Waals surface area contributed by atoms with Crippen LogP contribution < -0.4 is 9.52 Å². The van der Waals surface area contributed by atoms with Crippen molar-refractivity contribution in [3.8, 4) is 0 Å². The molecule has 3 rings (SSSR count). The van der Waals surface area contributed by atoms with Gasteiger partial charge in [-0.2, -0.15) is 4.99 Å². The molecule has 1 amide bonds. The fourth-order valence-electron chi connectivity index (χ4n) is 2.22. The lowest BCUT2D eigenvalue weighted by molar-refractivity contribution is 0.0997. The molecule has 0 atom stereocenters. The fourth-order valence-corrected chi connectivity index (χ4v) is 4.05. The van der Waals surface area contributed by atoms with E-state index in [2.05, 4.69) is 9.71 Å². The van der Waals surface area contributed by atoms with E-state index < -0.39 is 15.9 Å². The van der Waals surface area contributed by atoms with Crippen LogP contribution >= 0.6 is 11.3 Å². The molecule has 1 N–H and O–H groups in total. The zero-order chi connectivity index (χ0) is 18.7. The number of hydrogen-bond donors (Lipinski definition) is 1. The van der Waals surface area contributed by atoms with E-state index in [-0.39, 0.29) is 10.5 Å². The first-order chi connectivity index (χ1) is 12.3. The van der Waals surface area contributed by atoms with Gasteiger partial charge in [-0.25, -0.2) is 8.42 Å². The maximum atomic E-state index is 12.6. The van der Waals surface area contributed by atoms with Gasteiger partial charge in [-0.1, -0.05) is 23.8 Å². The summed E-state index contributed by atoms with van der Waals surface area (Å²) >= 11 is 1.33. The maximum Gasteiger partial charge on any atom is 0.279 e. The Hall–Kier alpha value is -2.71. The van der Waals surface area contributed by atoms with Crippen molar-refractivity contribution >= 4 is 33.0 Å². The van der Waals surface area contributed by atoms with E-state index in [9.17, 15) is 13.2 Å². The number of carbonyl (C=O) groups excluding carboxylic acids is 1. The number of benzene rings is 2. The van der Waals surface area contributed by atoms with Crippen LogP contribution in [0.15, 0.2) is 70.0 Å². The molecule has 0 radical (unpaired) electrons. The van der Waals surface area contributed by atoms with Crippen LogP contribution in [0.4, 0.5) is 5.69 Å². The SMILES string of the molecule is Cc1ccc(NS(=O)(=O)c2cccc(C(=O)N=c3sccn3C)c2)cc1. The lowest BCUT2D eigenvalue weighted by atomic mass is 10.2. The third-order valence-corrected chi connectivity index (χ3v) is 5.88. The molecule has 0 bridgehead atoms. The van der Waals surface area contributed by atoms with Crippen molar-refractivity contribution in [2.75, 3.05) is 4.72 Å². The molecule has 0 fully saturated rings. The number of hydrogen-bond acceptors (Lipinski definition) is 4. The third-order valence-electron chi connectivity index (χ3n) is 3.65. The normalized spacial score (nSPS) is 12.2. The highest BCUT2D eigenvalue weighted by molar-refractivity contribution is 7.92. The second-order valence-electron chi connectivity index (χ2n) is 5.71. The monoisotopic (exact) mass is 387 g/mol. The quantitative estimate of drug-likeness (QED) is 0.747. The minimum absolute atomic E-state index is 0.00896. The van der Waals surface area contributed by atoms with Gasteiger partial charge in [-0.05, 0) is 37.3 Å². The zero-order valence-electron chi connectivity index (χ0n) is 14.2. The Morgan fingerprint density at radius 2 is 1.88 bits per heavy atom. The van der Waals surface area contributed by atoms with Gasteiger partial charge in [0.1, 0.15) is 0 Å². The molecular weight excluding hydrogens is 370 g/mol. The van der Waals surface area contributed by atoms with Crippen molar-refractivity contribution in [3.63, 3.8) is 0 Å². The Bertz CT molecular complexity index is 1110. The van der Waals surface area contributed by atoms with Gasteiger partial charge < -0.3 is 4.57 Å². The number of nitrogens with zero attached hydrogens (tertiary/aromatic N) is 2. The summed E-state index contributed by atoms with van der Waals surface area (Å²) in [6.07, 6.45) is 1.79. The van der Waals surface area contributed by atoms with E-state index in [1.165, 1.54) is 29.5 Å². The molecule has 0 aliphatic rings. The van der Waals surface area contributed by atoms with Crippen LogP contribution in [0.2, 0.25) is 0 Å². The molecule has 26 heavy (non-hydrogen) atoms. The number of anilines is 1. The molecule has 134 valence electrons. The molecule has 0 aliphatic heterocycles. The van der Waals surface area contributed by atoms with E-state index >= 15 is 0 Å². The predicted molar refractivity (Wildman–Crippen MR) is 102 cm³/mol. The molecular formula is C18H17N3O3S2. The molecule has 3 aromatic rings. The van der Waals surface area contributed by atoms with E-state index in [1.54, 1.807) is 36.0 Å². The number of rotatable bonds is 4. The number of thiazole rings is 1. The summed E-state index contributed by atoms with van der Waals surface area (Å²) in [5.41, 5.74) is 1.71. The molecule has 0 saturated carbocycles. The largest absolute Gasteiger partial charge is 0.327 e. The predicted octanol–water partition coefficient (Wildman–Crippen LogP) is 2.94. The average molecular weight is 387 g/mol. The maximum absolute atomic E-state index is 12.6. The van der Waals surface area contributed by atoms with Crippen LogP contribution in [0.5, 0.6) is 0 Å². The highest BCUT2D eigenvalue weighted by Crippen LogP contribution is 2.18. The van der Waals surface area contributed by atoms with Gasteiger partial charge in [-0.3, -0.25) is 9.52 Å². The van der Waals surface area contributed by atoms with Crippen LogP contribution in [-0.2, 0) is 17.1 Å². The van der Waals surface area contributed by atoms with Crippen molar-refractivity contribution in [2.24, 2.45) is 12.0 Å². The van der Waals surface area contributed by atoms with E-state index in [0.717, 1.165) is 5.56 Å². The molecule has 1 aromatic heterocycles. The molecule has 0 spiro atoms. The van der Waals surface area contributed by atoms with Gasteiger partial charge in [0, 0.05) is 29.9 Å². The fraction of sp³-hybridized carbons (Fsp3) is 0.111. The van der Waals surface area contributed by atoms with E-state index in [1.807, 2.05) is 24.4 Å². The topological polar surface area (TPSA) is 80.5 Å². The Morgan fingerprint density at radius 3 is 2.54 bits per heavy atom. The van der Waals surface area contributed by atoms with Crippen LogP contribution in [-0.4, -0.2) is 18.9 Å². The Kier molecular flexibility index (Phi) is 5.06. The molecule has 2 aromatic carbocycles. The minimum Gasteiger partial charge on any atom is -0.327 e. The zero-order valence-corrected chi connectivity index (χ0v) is 15.8. The summed E-state index contributed by atoms with van der Waals surface area (Å²) in [6, 6.07) is 12.9. The van der Waals surface area contributed by atoms with Crippen LogP contribution in [0.3, 0.4) is 0 Å². The highest BCUT2D eigenvalue weighted by atomic mass is 32.2. The third kappa shape index (κ3) is 4.09. The average Bonchev–Trinajstić information content (AvgIpc) is 3.02. The summed E-state index contributed by atoms with van der Waals surface area (Å²) in [5.74, 6) is -0.490. The van der Waals surface area contributed by atoms with Gasteiger partial charge in [0.2, 0.25) is 0 Å².